The van der Waals surface area contributed by atoms with Gasteiger partial charge < -0.3 is 37.9 Å². The van der Waals surface area contributed by atoms with Gasteiger partial charge in [-0.2, -0.15) is 8.78 Å². The summed E-state index contributed by atoms with van der Waals surface area (Å²) in [6.07, 6.45) is -0.754. The predicted molar refractivity (Wildman–Crippen MR) is 154 cm³/mol. The van der Waals surface area contributed by atoms with E-state index in [-0.39, 0.29) is 36.7 Å². The molecule has 2 aromatic carbocycles. The average Bonchev–Trinajstić information content (AvgIpc) is 3.07. The third-order valence-corrected chi connectivity index (χ3v) is 5.83. The maximum atomic E-state index is 12.6. The number of carbonyl (C=O) groups excluding carboxylic acids is 5. The number of rotatable bonds is 11. The molecule has 1 heterocycles. The molecule has 270 valence electrons. The van der Waals surface area contributed by atoms with Gasteiger partial charge in [0.25, 0.3) is 6.47 Å². The number of esters is 4. The minimum Gasteiger partial charge on any atom is -0.469 e. The van der Waals surface area contributed by atoms with Gasteiger partial charge in [0, 0.05) is 33.8 Å². The van der Waals surface area contributed by atoms with Gasteiger partial charge in [-0.3, -0.25) is 14.4 Å². The molecule has 0 bridgehead atoms. The molecular formula is C31H33F5O13. The lowest BCUT2D eigenvalue weighted by Crippen LogP contribution is -2.44. The maximum Gasteiger partial charge on any atom is 0.342 e. The zero-order chi connectivity index (χ0) is 37.3. The molecular weight excluding hydrogens is 675 g/mol. The molecule has 0 radical (unpaired) electrons. The zero-order valence-corrected chi connectivity index (χ0v) is 26.9. The van der Waals surface area contributed by atoms with Crippen LogP contribution in [0.25, 0.3) is 0 Å². The molecule has 1 saturated heterocycles. The summed E-state index contributed by atoms with van der Waals surface area (Å²) in [5.74, 6) is -14.4. The smallest absolute Gasteiger partial charge is 0.342 e. The number of carbonyl (C=O) groups is 5. The molecule has 1 aliphatic heterocycles. The number of hydrogen-bond donors (Lipinski definition) is 0. The van der Waals surface area contributed by atoms with Crippen LogP contribution in [0, 0.1) is 29.1 Å². The van der Waals surface area contributed by atoms with Crippen molar-refractivity contribution in [2.24, 2.45) is 0 Å². The third-order valence-electron chi connectivity index (χ3n) is 5.83. The summed E-state index contributed by atoms with van der Waals surface area (Å²) in [4.78, 5) is 55.1. The third kappa shape index (κ3) is 13.1. The quantitative estimate of drug-likeness (QED) is 0.0621. The first-order valence-electron chi connectivity index (χ1n) is 13.8. The van der Waals surface area contributed by atoms with E-state index in [2.05, 4.69) is 16.1 Å². The Morgan fingerprint density at radius 1 is 0.898 bits per heavy atom. The Balaban J connectivity index is 0.000000520. The fraction of sp³-hybridized carbons (Fsp3) is 0.387. The van der Waals surface area contributed by atoms with Crippen LogP contribution in [0.15, 0.2) is 30.9 Å². The SMILES string of the molecule is C=CCOC(=O)c1cc(COC)ccc1OC1CC(OC(C)=O)CC(C(=O)OC)O1.COC(C)=O.O=COc1c(F)c(F)c(F)c(F)c1F. The monoisotopic (exact) mass is 708 g/mol. The van der Waals surface area contributed by atoms with Crippen LogP contribution in [0.3, 0.4) is 0 Å². The summed E-state index contributed by atoms with van der Waals surface area (Å²) in [6, 6.07) is 4.91. The van der Waals surface area contributed by atoms with Gasteiger partial charge >= 0.3 is 23.9 Å². The molecule has 0 aliphatic carbocycles. The molecule has 13 nitrogen and oxygen atoms in total. The van der Waals surface area contributed by atoms with E-state index in [9.17, 15) is 45.9 Å². The van der Waals surface area contributed by atoms with E-state index in [1.54, 1.807) is 18.2 Å². The Hall–Kier alpha value is -5.10. The van der Waals surface area contributed by atoms with Crippen LogP contribution in [0.4, 0.5) is 22.0 Å². The Labute approximate surface area is 276 Å². The molecule has 3 unspecified atom stereocenters. The van der Waals surface area contributed by atoms with E-state index in [1.165, 1.54) is 41.3 Å². The molecule has 2 aromatic rings. The molecule has 0 amide bonds. The van der Waals surface area contributed by atoms with Gasteiger partial charge in [0.1, 0.15) is 24.0 Å². The second kappa shape index (κ2) is 21.0. The van der Waals surface area contributed by atoms with Gasteiger partial charge in [-0.25, -0.2) is 22.8 Å². The Morgan fingerprint density at radius 2 is 1.49 bits per heavy atom. The fourth-order valence-electron chi connectivity index (χ4n) is 3.72. The van der Waals surface area contributed by atoms with Crippen molar-refractivity contribution in [3.8, 4) is 11.5 Å². The summed E-state index contributed by atoms with van der Waals surface area (Å²) in [5.41, 5.74) is 0.907. The molecule has 1 aliphatic rings. The van der Waals surface area contributed by atoms with Crippen molar-refractivity contribution in [1.82, 2.24) is 0 Å². The average molecular weight is 709 g/mol. The molecule has 1 fully saturated rings. The highest BCUT2D eigenvalue weighted by molar-refractivity contribution is 5.92. The van der Waals surface area contributed by atoms with Crippen LogP contribution in [0.5, 0.6) is 11.5 Å². The fourth-order valence-corrected chi connectivity index (χ4v) is 3.72. The van der Waals surface area contributed by atoms with Crippen LogP contribution in [-0.2, 0) is 54.2 Å². The number of halogens is 5. The Morgan fingerprint density at radius 3 is 1.98 bits per heavy atom. The lowest BCUT2D eigenvalue weighted by atomic mass is 10.0. The van der Waals surface area contributed by atoms with Crippen molar-refractivity contribution < 1.29 is 83.8 Å². The summed E-state index contributed by atoms with van der Waals surface area (Å²) >= 11 is 0. The Kier molecular flexibility index (Phi) is 18.0. The van der Waals surface area contributed by atoms with E-state index >= 15 is 0 Å². The van der Waals surface area contributed by atoms with E-state index in [0.717, 1.165) is 5.56 Å². The number of methoxy groups -OCH3 is 3. The molecule has 3 atom stereocenters. The van der Waals surface area contributed by atoms with E-state index in [0.29, 0.717) is 6.61 Å². The second-order valence-electron chi connectivity index (χ2n) is 9.36. The lowest BCUT2D eigenvalue weighted by Gasteiger charge is -2.33. The standard InChI is InChI=1S/C21H26O9.C7HF5O2.C3H6O2/c1-5-8-27-20(23)16-9-14(12-25-3)6-7-17(16)29-19-11-15(28-13(2)22)10-18(30-19)21(24)26-4;8-2-3(9)5(11)7(14-1-13)6(12)4(2)10;1-3(4)5-2/h5-7,9,15,18-19H,1,8,10-12H2,2-4H3;1H;1-2H3. The summed E-state index contributed by atoms with van der Waals surface area (Å²) in [5, 5.41) is 0. The van der Waals surface area contributed by atoms with Crippen LogP contribution in [0.1, 0.15) is 42.6 Å². The zero-order valence-electron chi connectivity index (χ0n) is 26.9. The first-order valence-corrected chi connectivity index (χ1v) is 13.8. The highest BCUT2D eigenvalue weighted by atomic mass is 19.2. The van der Waals surface area contributed by atoms with Gasteiger partial charge in [0.05, 0.1) is 20.8 Å². The molecule has 0 N–H and O–H groups in total. The minimum atomic E-state index is -2.31. The van der Waals surface area contributed by atoms with Crippen molar-refractivity contribution in [1.29, 1.82) is 0 Å². The molecule has 49 heavy (non-hydrogen) atoms. The summed E-state index contributed by atoms with van der Waals surface area (Å²) in [6.45, 7) is 6.04. The second-order valence-corrected chi connectivity index (χ2v) is 9.36. The molecule has 3 rings (SSSR count). The van der Waals surface area contributed by atoms with E-state index in [4.69, 9.17) is 28.4 Å². The molecule has 0 aromatic heterocycles. The van der Waals surface area contributed by atoms with Gasteiger partial charge in [0.15, 0.2) is 6.10 Å². The summed E-state index contributed by atoms with van der Waals surface area (Å²) in [7, 11) is 4.12. The van der Waals surface area contributed by atoms with Gasteiger partial charge in [-0.05, 0) is 17.7 Å². The van der Waals surface area contributed by atoms with Gasteiger partial charge in [-0.1, -0.05) is 18.7 Å². The highest BCUT2D eigenvalue weighted by Crippen LogP contribution is 2.30. The number of ether oxygens (including phenoxy) is 8. The van der Waals surface area contributed by atoms with Gasteiger partial charge in [-0.15, -0.1) is 0 Å². The topological polar surface area (TPSA) is 159 Å². The van der Waals surface area contributed by atoms with Crippen molar-refractivity contribution in [2.45, 2.75) is 51.8 Å². The van der Waals surface area contributed by atoms with Crippen molar-refractivity contribution in [2.75, 3.05) is 27.9 Å². The van der Waals surface area contributed by atoms with Crippen LogP contribution in [-0.4, -0.2) is 76.8 Å². The van der Waals surface area contributed by atoms with E-state index < -0.39 is 77.7 Å². The maximum absolute atomic E-state index is 12.6. The van der Waals surface area contributed by atoms with Crippen LogP contribution < -0.4 is 9.47 Å². The predicted octanol–water partition coefficient (Wildman–Crippen LogP) is 4.26. The van der Waals surface area contributed by atoms with Crippen molar-refractivity contribution in [3.05, 3.63) is 71.1 Å². The molecule has 18 heteroatoms. The number of benzene rings is 2. The molecule has 0 saturated carbocycles. The van der Waals surface area contributed by atoms with Crippen LogP contribution >= 0.6 is 0 Å². The van der Waals surface area contributed by atoms with Crippen LogP contribution in [0.2, 0.25) is 0 Å². The first-order chi connectivity index (χ1) is 23.1. The van der Waals surface area contributed by atoms with Crippen molar-refractivity contribution >= 4 is 30.3 Å². The number of hydrogen-bond acceptors (Lipinski definition) is 13. The highest BCUT2D eigenvalue weighted by Gasteiger charge is 2.37. The van der Waals surface area contributed by atoms with E-state index in [1.807, 2.05) is 0 Å². The first kappa shape index (κ1) is 41.9. The minimum absolute atomic E-state index is 0.0334. The van der Waals surface area contributed by atoms with Crippen molar-refractivity contribution in [3.63, 3.8) is 0 Å². The largest absolute Gasteiger partial charge is 0.469 e. The normalized spacial score (nSPS) is 16.2. The Bertz CT molecular complexity index is 1460. The summed E-state index contributed by atoms with van der Waals surface area (Å²) < 4.78 is 102. The van der Waals surface area contributed by atoms with Gasteiger partial charge in [0.2, 0.25) is 41.1 Å². The molecule has 0 spiro atoms. The lowest BCUT2D eigenvalue weighted by molar-refractivity contribution is -0.204.